The molecule has 6 nitrogen and oxygen atoms in total. The van der Waals surface area contributed by atoms with Crippen LogP contribution in [0.25, 0.3) is 0 Å². The van der Waals surface area contributed by atoms with Crippen LogP contribution in [0, 0.1) is 0 Å². The normalized spacial score (nSPS) is 12.8. The lowest BCUT2D eigenvalue weighted by molar-refractivity contribution is 0.199. The summed E-state index contributed by atoms with van der Waals surface area (Å²) in [5, 5.41) is 7.40. The zero-order valence-corrected chi connectivity index (χ0v) is 13.5. The Balaban J connectivity index is 2.55. The minimum absolute atomic E-state index is 0.100. The topological polar surface area (TPSA) is 73.2 Å². The van der Waals surface area contributed by atoms with E-state index in [1.165, 1.54) is 0 Å². The SMILES string of the molecule is COCCNCc1ccnn1CCS(=O)(=O)C(C)(C)C. The second-order valence-corrected chi connectivity index (χ2v) is 8.51. The van der Waals surface area contributed by atoms with Crippen LogP contribution >= 0.6 is 0 Å². The molecule has 0 atom stereocenters. The number of ether oxygens (including phenoxy) is 1. The van der Waals surface area contributed by atoms with Gasteiger partial charge < -0.3 is 10.1 Å². The van der Waals surface area contributed by atoms with Crippen LogP contribution in [-0.2, 0) is 27.7 Å². The van der Waals surface area contributed by atoms with E-state index in [1.54, 1.807) is 38.8 Å². The molecule has 1 N–H and O–H groups in total. The summed E-state index contributed by atoms with van der Waals surface area (Å²) >= 11 is 0. The Labute approximate surface area is 121 Å². The van der Waals surface area contributed by atoms with Gasteiger partial charge in [-0.1, -0.05) is 0 Å². The van der Waals surface area contributed by atoms with Crippen molar-refractivity contribution >= 4 is 9.84 Å². The first-order chi connectivity index (χ1) is 9.28. The first kappa shape index (κ1) is 17.1. The molecule has 1 rings (SSSR count). The molecule has 116 valence electrons. The molecule has 1 aromatic rings. The van der Waals surface area contributed by atoms with E-state index in [4.69, 9.17) is 4.74 Å². The highest BCUT2D eigenvalue weighted by Gasteiger charge is 2.28. The summed E-state index contributed by atoms with van der Waals surface area (Å²) in [6, 6.07) is 1.89. The molecule has 0 aliphatic heterocycles. The van der Waals surface area contributed by atoms with Crippen LogP contribution in [0.2, 0.25) is 0 Å². The first-order valence-corrected chi connectivity index (χ1v) is 8.36. The minimum Gasteiger partial charge on any atom is -0.383 e. The van der Waals surface area contributed by atoms with Crippen LogP contribution in [-0.4, -0.2) is 49.0 Å². The van der Waals surface area contributed by atoms with Gasteiger partial charge in [-0.25, -0.2) is 8.42 Å². The van der Waals surface area contributed by atoms with Gasteiger partial charge in [0.2, 0.25) is 0 Å². The van der Waals surface area contributed by atoms with E-state index in [-0.39, 0.29) is 5.75 Å². The summed E-state index contributed by atoms with van der Waals surface area (Å²) in [6.45, 7) is 7.59. The number of hydrogen-bond donors (Lipinski definition) is 1. The molecule has 0 aromatic carbocycles. The van der Waals surface area contributed by atoms with Crippen LogP contribution < -0.4 is 5.32 Å². The Kier molecular flexibility index (Phi) is 6.16. The largest absolute Gasteiger partial charge is 0.383 e. The number of aryl methyl sites for hydroxylation is 1. The Morgan fingerprint density at radius 1 is 1.40 bits per heavy atom. The quantitative estimate of drug-likeness (QED) is 0.720. The summed E-state index contributed by atoms with van der Waals surface area (Å²) in [6.07, 6.45) is 1.69. The molecule has 0 aliphatic rings. The van der Waals surface area contributed by atoms with E-state index < -0.39 is 14.6 Å². The zero-order chi connectivity index (χ0) is 15.2. The molecule has 0 radical (unpaired) electrons. The van der Waals surface area contributed by atoms with Crippen molar-refractivity contribution < 1.29 is 13.2 Å². The minimum atomic E-state index is -3.12. The molecule has 1 aromatic heterocycles. The molecule has 0 bridgehead atoms. The fourth-order valence-electron chi connectivity index (χ4n) is 1.62. The van der Waals surface area contributed by atoms with Crippen molar-refractivity contribution in [3.8, 4) is 0 Å². The lowest BCUT2D eigenvalue weighted by Crippen LogP contribution is -2.32. The highest BCUT2D eigenvalue weighted by atomic mass is 32.2. The standard InChI is InChI=1S/C13H25N3O3S/c1-13(2,3)20(17,18)10-8-16-12(5-6-15-16)11-14-7-9-19-4/h5-6,14H,7-11H2,1-4H3. The monoisotopic (exact) mass is 303 g/mol. The van der Waals surface area contributed by atoms with Crippen molar-refractivity contribution in [1.29, 1.82) is 0 Å². The van der Waals surface area contributed by atoms with Gasteiger partial charge in [0, 0.05) is 26.4 Å². The van der Waals surface area contributed by atoms with Gasteiger partial charge in [0.15, 0.2) is 9.84 Å². The highest BCUT2D eigenvalue weighted by molar-refractivity contribution is 7.92. The Bertz CT molecular complexity index is 503. The van der Waals surface area contributed by atoms with Crippen LogP contribution in [0.1, 0.15) is 26.5 Å². The van der Waals surface area contributed by atoms with Crippen molar-refractivity contribution in [1.82, 2.24) is 15.1 Å². The third kappa shape index (κ3) is 4.88. The summed E-state index contributed by atoms with van der Waals surface area (Å²) < 4.78 is 30.1. The summed E-state index contributed by atoms with van der Waals surface area (Å²) in [4.78, 5) is 0. The van der Waals surface area contributed by atoms with Gasteiger partial charge in [-0.05, 0) is 26.8 Å². The fraction of sp³-hybridized carbons (Fsp3) is 0.769. The van der Waals surface area contributed by atoms with Crippen molar-refractivity contribution in [3.63, 3.8) is 0 Å². The molecule has 0 spiro atoms. The van der Waals surface area contributed by atoms with E-state index in [2.05, 4.69) is 10.4 Å². The Morgan fingerprint density at radius 3 is 2.70 bits per heavy atom. The first-order valence-electron chi connectivity index (χ1n) is 6.70. The number of rotatable bonds is 8. The summed E-state index contributed by atoms with van der Waals surface area (Å²) in [5.41, 5.74) is 0.977. The van der Waals surface area contributed by atoms with E-state index in [1.807, 2.05) is 6.07 Å². The Hall–Kier alpha value is -0.920. The van der Waals surface area contributed by atoms with Gasteiger partial charge in [-0.15, -0.1) is 0 Å². The van der Waals surface area contributed by atoms with Crippen LogP contribution in [0.15, 0.2) is 12.3 Å². The molecule has 0 saturated heterocycles. The molecular formula is C13H25N3O3S. The average Bonchev–Trinajstić information content (AvgIpc) is 2.78. The molecule has 0 unspecified atom stereocenters. The second-order valence-electron chi connectivity index (χ2n) is 5.65. The van der Waals surface area contributed by atoms with Gasteiger partial charge in [0.05, 0.1) is 29.3 Å². The number of hydrogen-bond acceptors (Lipinski definition) is 5. The Morgan fingerprint density at radius 2 is 2.10 bits per heavy atom. The maximum absolute atomic E-state index is 12.1. The van der Waals surface area contributed by atoms with Crippen molar-refractivity contribution in [2.45, 2.75) is 38.6 Å². The maximum atomic E-state index is 12.1. The molecular weight excluding hydrogens is 278 g/mol. The van der Waals surface area contributed by atoms with Gasteiger partial charge in [-0.2, -0.15) is 5.10 Å². The lowest BCUT2D eigenvalue weighted by atomic mass is 10.3. The van der Waals surface area contributed by atoms with E-state index in [9.17, 15) is 8.42 Å². The predicted octanol–water partition coefficient (Wildman–Crippen LogP) is 0.832. The maximum Gasteiger partial charge on any atom is 0.157 e. The third-order valence-corrected chi connectivity index (χ3v) is 5.68. The smallest absolute Gasteiger partial charge is 0.157 e. The van der Waals surface area contributed by atoms with Crippen LogP contribution in [0.5, 0.6) is 0 Å². The molecule has 0 amide bonds. The molecule has 0 saturated carbocycles. The molecule has 0 aliphatic carbocycles. The molecule has 7 heteroatoms. The van der Waals surface area contributed by atoms with Crippen LogP contribution in [0.3, 0.4) is 0 Å². The molecule has 20 heavy (non-hydrogen) atoms. The number of sulfone groups is 1. The highest BCUT2D eigenvalue weighted by Crippen LogP contribution is 2.16. The summed E-state index contributed by atoms with van der Waals surface area (Å²) in [5.74, 6) is 0.100. The van der Waals surface area contributed by atoms with Crippen molar-refractivity contribution in [2.24, 2.45) is 0 Å². The predicted molar refractivity (Wildman–Crippen MR) is 79.3 cm³/mol. The number of aromatic nitrogens is 2. The van der Waals surface area contributed by atoms with Gasteiger partial charge in [-0.3, -0.25) is 4.68 Å². The van der Waals surface area contributed by atoms with Gasteiger partial charge in [0.1, 0.15) is 0 Å². The zero-order valence-electron chi connectivity index (χ0n) is 12.7. The summed E-state index contributed by atoms with van der Waals surface area (Å²) in [7, 11) is -1.46. The molecule has 1 heterocycles. The number of nitrogens with zero attached hydrogens (tertiary/aromatic N) is 2. The van der Waals surface area contributed by atoms with Crippen LogP contribution in [0.4, 0.5) is 0 Å². The average molecular weight is 303 g/mol. The van der Waals surface area contributed by atoms with Crippen molar-refractivity contribution in [2.75, 3.05) is 26.0 Å². The van der Waals surface area contributed by atoms with Crippen molar-refractivity contribution in [3.05, 3.63) is 18.0 Å². The van der Waals surface area contributed by atoms with E-state index >= 15 is 0 Å². The lowest BCUT2D eigenvalue weighted by Gasteiger charge is -2.19. The number of methoxy groups -OCH3 is 1. The van der Waals surface area contributed by atoms with E-state index in [0.29, 0.717) is 19.7 Å². The number of nitrogens with one attached hydrogen (secondary N) is 1. The van der Waals surface area contributed by atoms with E-state index in [0.717, 1.165) is 12.2 Å². The van der Waals surface area contributed by atoms with Gasteiger partial charge >= 0.3 is 0 Å². The fourth-order valence-corrected chi connectivity index (χ4v) is 2.64. The van der Waals surface area contributed by atoms with Gasteiger partial charge in [0.25, 0.3) is 0 Å². The molecule has 0 fully saturated rings. The second kappa shape index (κ2) is 7.19. The third-order valence-electron chi connectivity index (χ3n) is 3.10.